The molecule has 0 saturated heterocycles. The third kappa shape index (κ3) is 3.76. The third-order valence-electron chi connectivity index (χ3n) is 2.88. The average Bonchev–Trinajstić information content (AvgIpc) is 1.86. The summed E-state index contributed by atoms with van der Waals surface area (Å²) in [7, 11) is 0. The Labute approximate surface area is 71.4 Å². The topological polar surface area (TPSA) is 26.0 Å². The van der Waals surface area contributed by atoms with Crippen LogP contribution in [0.1, 0.15) is 47.5 Å². The van der Waals surface area contributed by atoms with Crippen molar-refractivity contribution >= 4 is 0 Å². The number of nitrogens with two attached hydrogens (primary N) is 1. The molecule has 11 heavy (non-hydrogen) atoms. The van der Waals surface area contributed by atoms with Gasteiger partial charge in [-0.25, -0.2) is 0 Å². The van der Waals surface area contributed by atoms with Crippen molar-refractivity contribution in [1.82, 2.24) is 0 Å². The van der Waals surface area contributed by atoms with Gasteiger partial charge in [-0.2, -0.15) is 0 Å². The zero-order valence-corrected chi connectivity index (χ0v) is 8.65. The average molecular weight is 157 g/mol. The Bertz CT molecular complexity index is 105. The zero-order valence-electron chi connectivity index (χ0n) is 8.65. The van der Waals surface area contributed by atoms with Gasteiger partial charge in [-0.05, 0) is 24.2 Å². The van der Waals surface area contributed by atoms with Crippen LogP contribution in [0.5, 0.6) is 0 Å². The maximum absolute atomic E-state index is 5.90. The van der Waals surface area contributed by atoms with E-state index in [1.165, 1.54) is 0 Å². The molecule has 0 amide bonds. The maximum atomic E-state index is 5.90. The van der Waals surface area contributed by atoms with Crippen molar-refractivity contribution in [3.8, 4) is 0 Å². The Kier molecular flexibility index (Phi) is 4.09. The SMILES string of the molecule is CCC(N)CC(C)(C)C(C)C. The molecular weight excluding hydrogens is 134 g/mol. The molecule has 2 N–H and O–H groups in total. The Morgan fingerprint density at radius 3 is 2.00 bits per heavy atom. The van der Waals surface area contributed by atoms with E-state index in [0.717, 1.165) is 18.8 Å². The van der Waals surface area contributed by atoms with Gasteiger partial charge in [-0.3, -0.25) is 0 Å². The smallest absolute Gasteiger partial charge is 0.00413 e. The van der Waals surface area contributed by atoms with Gasteiger partial charge in [0.2, 0.25) is 0 Å². The van der Waals surface area contributed by atoms with E-state index in [4.69, 9.17) is 5.73 Å². The van der Waals surface area contributed by atoms with Gasteiger partial charge in [0.15, 0.2) is 0 Å². The van der Waals surface area contributed by atoms with Crippen LogP contribution in [-0.2, 0) is 0 Å². The summed E-state index contributed by atoms with van der Waals surface area (Å²) in [5.74, 6) is 0.722. The van der Waals surface area contributed by atoms with Gasteiger partial charge in [0.1, 0.15) is 0 Å². The molecule has 1 nitrogen and oxygen atoms in total. The second-order valence-corrected chi connectivity index (χ2v) is 4.52. The van der Waals surface area contributed by atoms with Crippen LogP contribution in [0.4, 0.5) is 0 Å². The first kappa shape index (κ1) is 11.0. The van der Waals surface area contributed by atoms with Crippen molar-refractivity contribution in [3.63, 3.8) is 0 Å². The highest BCUT2D eigenvalue weighted by atomic mass is 14.6. The van der Waals surface area contributed by atoms with E-state index in [2.05, 4.69) is 34.6 Å². The fourth-order valence-electron chi connectivity index (χ4n) is 1.06. The summed E-state index contributed by atoms with van der Waals surface area (Å²) in [4.78, 5) is 0. The first-order chi connectivity index (χ1) is 4.90. The lowest BCUT2D eigenvalue weighted by atomic mass is 9.76. The predicted molar refractivity (Wildman–Crippen MR) is 51.5 cm³/mol. The molecule has 0 fully saturated rings. The van der Waals surface area contributed by atoms with Gasteiger partial charge in [0.25, 0.3) is 0 Å². The predicted octanol–water partition coefficient (Wildman–Crippen LogP) is 2.80. The van der Waals surface area contributed by atoms with Crippen LogP contribution in [0.15, 0.2) is 0 Å². The summed E-state index contributed by atoms with van der Waals surface area (Å²) in [5.41, 5.74) is 6.30. The van der Waals surface area contributed by atoms with E-state index in [1.54, 1.807) is 0 Å². The highest BCUT2D eigenvalue weighted by molar-refractivity contribution is 4.77. The molecule has 0 aromatic heterocycles. The van der Waals surface area contributed by atoms with Gasteiger partial charge < -0.3 is 5.73 Å². The summed E-state index contributed by atoms with van der Waals surface area (Å²) < 4.78 is 0. The van der Waals surface area contributed by atoms with Crippen LogP contribution in [0.25, 0.3) is 0 Å². The van der Waals surface area contributed by atoms with Gasteiger partial charge >= 0.3 is 0 Å². The highest BCUT2D eigenvalue weighted by Crippen LogP contribution is 2.31. The van der Waals surface area contributed by atoms with Crippen molar-refractivity contribution in [3.05, 3.63) is 0 Å². The third-order valence-corrected chi connectivity index (χ3v) is 2.88. The molecule has 0 saturated carbocycles. The minimum atomic E-state index is 0.382. The Morgan fingerprint density at radius 1 is 1.27 bits per heavy atom. The largest absolute Gasteiger partial charge is 0.328 e. The van der Waals surface area contributed by atoms with Crippen LogP contribution < -0.4 is 5.73 Å². The summed E-state index contributed by atoms with van der Waals surface area (Å²) in [6.45, 7) is 11.3. The molecule has 0 rings (SSSR count). The molecular formula is C10H23N. The quantitative estimate of drug-likeness (QED) is 0.667. The molecule has 68 valence electrons. The molecule has 0 aromatic carbocycles. The number of hydrogen-bond acceptors (Lipinski definition) is 1. The van der Waals surface area contributed by atoms with Gasteiger partial charge in [0.05, 0.1) is 0 Å². The summed E-state index contributed by atoms with van der Waals surface area (Å²) in [6.07, 6.45) is 2.23. The van der Waals surface area contributed by atoms with Crippen LogP contribution in [-0.4, -0.2) is 6.04 Å². The normalized spacial score (nSPS) is 15.5. The molecule has 0 radical (unpaired) electrons. The fourth-order valence-corrected chi connectivity index (χ4v) is 1.06. The van der Waals surface area contributed by atoms with E-state index in [-0.39, 0.29) is 0 Å². The fraction of sp³-hybridized carbons (Fsp3) is 1.00. The van der Waals surface area contributed by atoms with Crippen molar-refractivity contribution in [2.24, 2.45) is 17.1 Å². The Balaban J connectivity index is 3.90. The highest BCUT2D eigenvalue weighted by Gasteiger charge is 2.23. The van der Waals surface area contributed by atoms with Crippen LogP contribution in [0.3, 0.4) is 0 Å². The molecule has 1 heteroatoms. The standard InChI is InChI=1S/C10H23N/c1-6-9(11)7-10(4,5)8(2)3/h8-9H,6-7,11H2,1-5H3. The number of hydrogen-bond donors (Lipinski definition) is 1. The van der Waals surface area contributed by atoms with E-state index in [0.29, 0.717) is 11.5 Å². The summed E-state index contributed by atoms with van der Waals surface area (Å²) in [5, 5.41) is 0. The van der Waals surface area contributed by atoms with Crippen molar-refractivity contribution in [1.29, 1.82) is 0 Å². The van der Waals surface area contributed by atoms with Gasteiger partial charge in [-0.15, -0.1) is 0 Å². The molecule has 0 aliphatic heterocycles. The number of rotatable bonds is 4. The minimum Gasteiger partial charge on any atom is -0.328 e. The van der Waals surface area contributed by atoms with Crippen molar-refractivity contribution in [2.45, 2.75) is 53.5 Å². The zero-order chi connectivity index (χ0) is 9.07. The van der Waals surface area contributed by atoms with Crippen LogP contribution >= 0.6 is 0 Å². The molecule has 1 unspecified atom stereocenters. The second-order valence-electron chi connectivity index (χ2n) is 4.52. The van der Waals surface area contributed by atoms with Crippen molar-refractivity contribution < 1.29 is 0 Å². The van der Waals surface area contributed by atoms with E-state index >= 15 is 0 Å². The first-order valence-corrected chi connectivity index (χ1v) is 4.65. The molecule has 0 aliphatic rings. The maximum Gasteiger partial charge on any atom is 0.00413 e. The van der Waals surface area contributed by atoms with Crippen molar-refractivity contribution in [2.75, 3.05) is 0 Å². The van der Waals surface area contributed by atoms with E-state index < -0.39 is 0 Å². The Morgan fingerprint density at radius 2 is 1.73 bits per heavy atom. The van der Waals surface area contributed by atoms with E-state index in [1.807, 2.05) is 0 Å². The molecule has 0 heterocycles. The summed E-state index contributed by atoms with van der Waals surface area (Å²) >= 11 is 0. The van der Waals surface area contributed by atoms with Crippen LogP contribution in [0, 0.1) is 11.3 Å². The first-order valence-electron chi connectivity index (χ1n) is 4.65. The molecule has 0 bridgehead atoms. The molecule has 1 atom stereocenters. The molecule has 0 aromatic rings. The molecule has 0 spiro atoms. The van der Waals surface area contributed by atoms with E-state index in [9.17, 15) is 0 Å². The lowest BCUT2D eigenvalue weighted by Crippen LogP contribution is -2.30. The summed E-state index contributed by atoms with van der Waals surface area (Å²) in [6, 6.07) is 0.382. The Hall–Kier alpha value is -0.0400. The minimum absolute atomic E-state index is 0.382. The lowest BCUT2D eigenvalue weighted by molar-refractivity contribution is 0.209. The van der Waals surface area contributed by atoms with Gasteiger partial charge in [0, 0.05) is 6.04 Å². The molecule has 0 aliphatic carbocycles. The van der Waals surface area contributed by atoms with Gasteiger partial charge in [-0.1, -0.05) is 34.6 Å². The van der Waals surface area contributed by atoms with Crippen LogP contribution in [0.2, 0.25) is 0 Å². The lowest BCUT2D eigenvalue weighted by Gasteiger charge is -2.31. The second kappa shape index (κ2) is 4.10. The monoisotopic (exact) mass is 157 g/mol.